The average Bonchev–Trinajstić information content (AvgIpc) is 2.76. The molecular weight excluding hydrogens is 262 g/mol. The molecule has 0 fully saturated rings. The number of ether oxygens (including phenoxy) is 1. The Morgan fingerprint density at radius 2 is 2.41 bits per heavy atom. The number of rotatable bonds is 6. The van der Waals surface area contributed by atoms with Gasteiger partial charge in [0.1, 0.15) is 10.7 Å². The molecule has 17 heavy (non-hydrogen) atoms. The molecule has 0 aliphatic rings. The van der Waals surface area contributed by atoms with Crippen LogP contribution in [0.2, 0.25) is 0 Å². The zero-order chi connectivity index (χ0) is 12.0. The molecule has 0 radical (unpaired) electrons. The first kappa shape index (κ1) is 16.3. The van der Waals surface area contributed by atoms with E-state index in [0.717, 1.165) is 11.4 Å². The SMILES string of the molecule is CCC(COC)NC(=O)c1csc(CN)n1.Cl. The first-order chi connectivity index (χ1) is 7.71. The maximum atomic E-state index is 11.8. The number of carbonyl (C=O) groups excluding carboxylic acids is 1. The van der Waals surface area contributed by atoms with Crippen molar-refractivity contribution >= 4 is 29.7 Å². The van der Waals surface area contributed by atoms with Crippen LogP contribution >= 0.6 is 23.7 Å². The number of hydrogen-bond acceptors (Lipinski definition) is 5. The number of methoxy groups -OCH3 is 1. The first-order valence-corrected chi connectivity index (χ1v) is 6.03. The summed E-state index contributed by atoms with van der Waals surface area (Å²) in [5, 5.41) is 5.35. The van der Waals surface area contributed by atoms with Crippen molar-refractivity contribution in [2.24, 2.45) is 5.73 Å². The third-order valence-corrected chi connectivity index (χ3v) is 3.03. The Kier molecular flexibility index (Phi) is 8.07. The van der Waals surface area contributed by atoms with Crippen LogP contribution in [-0.4, -0.2) is 30.6 Å². The molecule has 1 aromatic rings. The Labute approximate surface area is 111 Å². The van der Waals surface area contributed by atoms with Crippen molar-refractivity contribution in [2.45, 2.75) is 25.9 Å². The van der Waals surface area contributed by atoms with Crippen LogP contribution in [0.5, 0.6) is 0 Å². The molecule has 98 valence electrons. The van der Waals surface area contributed by atoms with Gasteiger partial charge in [-0.2, -0.15) is 0 Å². The van der Waals surface area contributed by atoms with Gasteiger partial charge >= 0.3 is 0 Å². The lowest BCUT2D eigenvalue weighted by Crippen LogP contribution is -2.37. The first-order valence-electron chi connectivity index (χ1n) is 5.15. The fourth-order valence-electron chi connectivity index (χ4n) is 1.23. The molecule has 7 heteroatoms. The van der Waals surface area contributed by atoms with E-state index in [0.29, 0.717) is 18.8 Å². The minimum Gasteiger partial charge on any atom is -0.383 e. The molecule has 1 aromatic heterocycles. The lowest BCUT2D eigenvalue weighted by Gasteiger charge is -2.14. The summed E-state index contributed by atoms with van der Waals surface area (Å²) in [5.41, 5.74) is 5.87. The maximum absolute atomic E-state index is 11.8. The molecule has 0 aliphatic carbocycles. The lowest BCUT2D eigenvalue weighted by molar-refractivity contribution is 0.0890. The molecule has 0 spiro atoms. The summed E-state index contributed by atoms with van der Waals surface area (Å²) in [7, 11) is 1.62. The zero-order valence-corrected chi connectivity index (χ0v) is 11.6. The molecule has 0 saturated carbocycles. The smallest absolute Gasteiger partial charge is 0.271 e. The van der Waals surface area contributed by atoms with Crippen LogP contribution in [-0.2, 0) is 11.3 Å². The second-order valence-electron chi connectivity index (χ2n) is 3.36. The summed E-state index contributed by atoms with van der Waals surface area (Å²) in [6.07, 6.45) is 0.827. The number of amides is 1. The molecule has 0 aromatic carbocycles. The van der Waals surface area contributed by atoms with Crippen molar-refractivity contribution in [3.63, 3.8) is 0 Å². The zero-order valence-electron chi connectivity index (χ0n) is 9.93. The van der Waals surface area contributed by atoms with E-state index in [-0.39, 0.29) is 24.4 Å². The van der Waals surface area contributed by atoms with Gasteiger partial charge < -0.3 is 15.8 Å². The molecule has 1 heterocycles. The molecular formula is C10H18ClN3O2S. The normalized spacial score (nSPS) is 11.7. The van der Waals surface area contributed by atoms with E-state index in [2.05, 4.69) is 10.3 Å². The van der Waals surface area contributed by atoms with Crippen LogP contribution in [0.3, 0.4) is 0 Å². The average molecular weight is 280 g/mol. The second-order valence-corrected chi connectivity index (χ2v) is 4.31. The number of hydrogen-bond donors (Lipinski definition) is 2. The number of halogens is 1. The van der Waals surface area contributed by atoms with E-state index in [1.807, 2.05) is 6.92 Å². The van der Waals surface area contributed by atoms with Gasteiger partial charge in [-0.1, -0.05) is 6.92 Å². The van der Waals surface area contributed by atoms with Crippen molar-refractivity contribution in [3.05, 3.63) is 16.1 Å². The number of thiazole rings is 1. The molecule has 1 rings (SSSR count). The van der Waals surface area contributed by atoms with Gasteiger partial charge in [0.15, 0.2) is 0 Å². The van der Waals surface area contributed by atoms with Crippen LogP contribution in [0.1, 0.15) is 28.8 Å². The minimum absolute atomic E-state index is 0. The van der Waals surface area contributed by atoms with E-state index < -0.39 is 0 Å². The van der Waals surface area contributed by atoms with Crippen LogP contribution in [0, 0.1) is 0 Å². The van der Waals surface area contributed by atoms with Gasteiger partial charge in [0.2, 0.25) is 0 Å². The molecule has 1 atom stereocenters. The summed E-state index contributed by atoms with van der Waals surface area (Å²) in [6, 6.07) is 0.0283. The molecule has 0 saturated heterocycles. The van der Waals surface area contributed by atoms with Crippen LogP contribution in [0.4, 0.5) is 0 Å². The molecule has 3 N–H and O–H groups in total. The highest BCUT2D eigenvalue weighted by atomic mass is 35.5. The highest BCUT2D eigenvalue weighted by Crippen LogP contribution is 2.09. The van der Waals surface area contributed by atoms with E-state index in [9.17, 15) is 4.79 Å². The Bertz CT molecular complexity index is 346. The van der Waals surface area contributed by atoms with Crippen molar-refractivity contribution in [1.29, 1.82) is 0 Å². The standard InChI is InChI=1S/C10H17N3O2S.ClH/c1-3-7(5-15-2)12-10(14)8-6-16-9(4-11)13-8;/h6-7H,3-5,11H2,1-2H3,(H,12,14);1H. The van der Waals surface area contributed by atoms with E-state index in [1.54, 1.807) is 12.5 Å². The number of nitrogens with zero attached hydrogens (tertiary/aromatic N) is 1. The second kappa shape index (κ2) is 8.41. The highest BCUT2D eigenvalue weighted by molar-refractivity contribution is 7.09. The van der Waals surface area contributed by atoms with Gasteiger partial charge in [-0.15, -0.1) is 23.7 Å². The monoisotopic (exact) mass is 279 g/mol. The molecule has 1 amide bonds. The van der Waals surface area contributed by atoms with Crippen molar-refractivity contribution in [1.82, 2.24) is 10.3 Å². The van der Waals surface area contributed by atoms with Gasteiger partial charge in [-0.05, 0) is 6.42 Å². The Morgan fingerprint density at radius 1 is 1.71 bits per heavy atom. The van der Waals surface area contributed by atoms with Crippen molar-refractivity contribution in [3.8, 4) is 0 Å². The summed E-state index contributed by atoms with van der Waals surface area (Å²) < 4.78 is 5.01. The topological polar surface area (TPSA) is 77.2 Å². The van der Waals surface area contributed by atoms with Crippen LogP contribution in [0.25, 0.3) is 0 Å². The Balaban J connectivity index is 0.00000256. The minimum atomic E-state index is -0.167. The Hall–Kier alpha value is -0.690. The third-order valence-electron chi connectivity index (χ3n) is 2.15. The van der Waals surface area contributed by atoms with Gasteiger partial charge in [0.25, 0.3) is 5.91 Å². The van der Waals surface area contributed by atoms with Gasteiger partial charge in [0.05, 0.1) is 12.6 Å². The summed E-state index contributed by atoms with van der Waals surface area (Å²) in [6.45, 7) is 2.87. The Morgan fingerprint density at radius 3 is 2.88 bits per heavy atom. The van der Waals surface area contributed by atoms with Crippen molar-refractivity contribution in [2.75, 3.05) is 13.7 Å². The summed E-state index contributed by atoms with van der Waals surface area (Å²) >= 11 is 1.40. The molecule has 1 unspecified atom stereocenters. The molecule has 0 aliphatic heterocycles. The van der Waals surface area contributed by atoms with Crippen LogP contribution in [0.15, 0.2) is 5.38 Å². The number of aromatic nitrogens is 1. The number of nitrogens with one attached hydrogen (secondary N) is 1. The predicted octanol–water partition coefficient (Wildman–Crippen LogP) is 1.18. The maximum Gasteiger partial charge on any atom is 0.271 e. The third kappa shape index (κ3) is 4.99. The van der Waals surface area contributed by atoms with E-state index in [1.165, 1.54) is 11.3 Å². The van der Waals surface area contributed by atoms with Gasteiger partial charge in [-0.3, -0.25) is 4.79 Å². The fourth-order valence-corrected chi connectivity index (χ4v) is 1.89. The summed E-state index contributed by atoms with van der Waals surface area (Å²) in [5.74, 6) is -0.167. The van der Waals surface area contributed by atoms with E-state index >= 15 is 0 Å². The lowest BCUT2D eigenvalue weighted by atomic mass is 10.2. The quantitative estimate of drug-likeness (QED) is 0.820. The van der Waals surface area contributed by atoms with Gasteiger partial charge in [-0.25, -0.2) is 4.98 Å². The molecule has 5 nitrogen and oxygen atoms in total. The van der Waals surface area contributed by atoms with Crippen LogP contribution < -0.4 is 11.1 Å². The number of nitrogens with two attached hydrogens (primary N) is 1. The highest BCUT2D eigenvalue weighted by Gasteiger charge is 2.14. The van der Waals surface area contributed by atoms with Crippen molar-refractivity contribution < 1.29 is 9.53 Å². The number of carbonyl (C=O) groups is 1. The molecule has 0 bridgehead atoms. The predicted molar refractivity (Wildman–Crippen MR) is 70.7 cm³/mol. The summed E-state index contributed by atoms with van der Waals surface area (Å²) in [4.78, 5) is 15.9. The van der Waals surface area contributed by atoms with E-state index in [4.69, 9.17) is 10.5 Å². The fraction of sp³-hybridized carbons (Fsp3) is 0.600. The van der Waals surface area contributed by atoms with Gasteiger partial charge in [0, 0.05) is 19.0 Å². The largest absolute Gasteiger partial charge is 0.383 e.